The summed E-state index contributed by atoms with van der Waals surface area (Å²) in [6.07, 6.45) is 0.938. The first-order chi connectivity index (χ1) is 7.95. The van der Waals surface area contributed by atoms with Crippen molar-refractivity contribution in [2.45, 2.75) is 37.8 Å². The molecule has 17 heavy (non-hydrogen) atoms. The van der Waals surface area contributed by atoms with Crippen LogP contribution in [0.2, 0.25) is 0 Å². The lowest BCUT2D eigenvalue weighted by Crippen LogP contribution is -2.33. The van der Waals surface area contributed by atoms with E-state index >= 15 is 0 Å². The lowest BCUT2D eigenvalue weighted by atomic mass is 10.1. The summed E-state index contributed by atoms with van der Waals surface area (Å²) >= 11 is 1.41. The van der Waals surface area contributed by atoms with Gasteiger partial charge in [0.2, 0.25) is 10.0 Å². The molecule has 2 rings (SSSR count). The molecule has 4 nitrogen and oxygen atoms in total. The van der Waals surface area contributed by atoms with Gasteiger partial charge in [0.1, 0.15) is 0 Å². The maximum Gasteiger partial charge on any atom is 0.244 e. The third-order valence-corrected chi connectivity index (χ3v) is 6.23. The van der Waals surface area contributed by atoms with Crippen LogP contribution in [0.15, 0.2) is 16.3 Å². The first-order valence-corrected chi connectivity index (χ1v) is 8.06. The Hall–Kier alpha value is -0.430. The molecule has 2 N–H and O–H groups in total. The van der Waals surface area contributed by atoms with Gasteiger partial charge in [-0.05, 0) is 25.3 Å². The molecule has 0 spiro atoms. The van der Waals surface area contributed by atoms with E-state index in [0.29, 0.717) is 23.9 Å². The van der Waals surface area contributed by atoms with Crippen molar-refractivity contribution in [3.63, 3.8) is 0 Å². The second-order valence-corrected chi connectivity index (χ2v) is 7.60. The van der Waals surface area contributed by atoms with Crippen molar-refractivity contribution in [2.24, 2.45) is 11.7 Å². The Kier molecular flexibility index (Phi) is 3.58. The minimum absolute atomic E-state index is 0.0937. The van der Waals surface area contributed by atoms with Gasteiger partial charge in [0, 0.05) is 29.4 Å². The molecule has 0 saturated carbocycles. The van der Waals surface area contributed by atoms with Crippen molar-refractivity contribution in [3.8, 4) is 0 Å². The number of rotatable bonds is 3. The number of nitrogens with zero attached hydrogens (tertiary/aromatic N) is 1. The molecule has 0 aliphatic carbocycles. The lowest BCUT2D eigenvalue weighted by Gasteiger charge is -2.20. The van der Waals surface area contributed by atoms with Gasteiger partial charge >= 0.3 is 0 Å². The Bertz CT molecular complexity index is 495. The summed E-state index contributed by atoms with van der Waals surface area (Å²) in [5, 5.41) is 1.69. The van der Waals surface area contributed by atoms with E-state index in [9.17, 15) is 8.42 Å². The molecule has 1 aromatic heterocycles. The summed E-state index contributed by atoms with van der Waals surface area (Å²) in [6.45, 7) is 5.08. The molecule has 1 aliphatic heterocycles. The quantitative estimate of drug-likeness (QED) is 0.911. The van der Waals surface area contributed by atoms with Crippen molar-refractivity contribution >= 4 is 21.4 Å². The smallest absolute Gasteiger partial charge is 0.244 e. The summed E-state index contributed by atoms with van der Waals surface area (Å²) < 4.78 is 26.4. The highest BCUT2D eigenvalue weighted by Gasteiger charge is 2.36. The first kappa shape index (κ1) is 13.0. The van der Waals surface area contributed by atoms with Crippen LogP contribution >= 0.6 is 11.3 Å². The van der Waals surface area contributed by atoms with Crippen LogP contribution in [0.25, 0.3) is 0 Å². The van der Waals surface area contributed by atoms with E-state index in [1.54, 1.807) is 15.8 Å². The normalized spacial score (nSPS) is 26.5. The van der Waals surface area contributed by atoms with Crippen molar-refractivity contribution in [1.29, 1.82) is 0 Å². The van der Waals surface area contributed by atoms with Crippen LogP contribution in [0.1, 0.15) is 25.1 Å². The van der Waals surface area contributed by atoms with Crippen LogP contribution in [0.4, 0.5) is 0 Å². The second-order valence-electron chi connectivity index (χ2n) is 4.72. The van der Waals surface area contributed by atoms with Gasteiger partial charge in [0.05, 0.1) is 4.90 Å². The predicted molar refractivity (Wildman–Crippen MR) is 69.3 cm³/mol. The lowest BCUT2D eigenvalue weighted by molar-refractivity contribution is 0.406. The second kappa shape index (κ2) is 4.68. The fourth-order valence-electron chi connectivity index (χ4n) is 2.33. The summed E-state index contributed by atoms with van der Waals surface area (Å²) in [4.78, 5) is 1.30. The molecule has 1 aromatic rings. The molecule has 0 amide bonds. The maximum absolute atomic E-state index is 12.4. The summed E-state index contributed by atoms with van der Waals surface area (Å²) in [5.74, 6) is 0.437. The molecule has 2 heterocycles. The summed E-state index contributed by atoms with van der Waals surface area (Å²) in [5.41, 5.74) is 5.51. The van der Waals surface area contributed by atoms with Gasteiger partial charge in [-0.2, -0.15) is 4.31 Å². The van der Waals surface area contributed by atoms with E-state index in [4.69, 9.17) is 5.73 Å². The molecule has 2 atom stereocenters. The van der Waals surface area contributed by atoms with Gasteiger partial charge in [-0.15, -0.1) is 11.3 Å². The molecule has 1 aliphatic rings. The molecular weight excluding hydrogens is 256 g/mol. The minimum atomic E-state index is -3.32. The third kappa shape index (κ3) is 2.40. The van der Waals surface area contributed by atoms with Crippen LogP contribution in [0.5, 0.6) is 0 Å². The average Bonchev–Trinajstić information content (AvgIpc) is 2.85. The Labute approximate surface area is 106 Å². The predicted octanol–water partition coefficient (Wildman–Crippen LogP) is 1.63. The van der Waals surface area contributed by atoms with Gasteiger partial charge in [0.25, 0.3) is 0 Å². The van der Waals surface area contributed by atoms with Crippen molar-refractivity contribution in [2.75, 3.05) is 6.54 Å². The van der Waals surface area contributed by atoms with Crippen molar-refractivity contribution < 1.29 is 8.42 Å². The average molecular weight is 274 g/mol. The van der Waals surface area contributed by atoms with Crippen molar-refractivity contribution in [3.05, 3.63) is 16.3 Å². The highest BCUT2D eigenvalue weighted by atomic mass is 32.2. The number of nitrogens with two attached hydrogens (primary N) is 1. The van der Waals surface area contributed by atoms with Crippen molar-refractivity contribution in [1.82, 2.24) is 4.31 Å². The van der Waals surface area contributed by atoms with Gasteiger partial charge < -0.3 is 5.73 Å². The Balaban J connectivity index is 2.30. The van der Waals surface area contributed by atoms with Crippen LogP contribution in [-0.2, 0) is 16.6 Å². The Morgan fingerprint density at radius 2 is 2.24 bits per heavy atom. The summed E-state index contributed by atoms with van der Waals surface area (Å²) in [6, 6.07) is 1.78. The molecule has 2 unspecified atom stereocenters. The number of hydrogen-bond donors (Lipinski definition) is 1. The number of hydrogen-bond acceptors (Lipinski definition) is 4. The zero-order valence-corrected chi connectivity index (χ0v) is 11.7. The molecule has 96 valence electrons. The fraction of sp³-hybridized carbons (Fsp3) is 0.636. The van der Waals surface area contributed by atoms with Crippen LogP contribution < -0.4 is 5.73 Å². The maximum atomic E-state index is 12.4. The monoisotopic (exact) mass is 274 g/mol. The van der Waals surface area contributed by atoms with Gasteiger partial charge in [-0.1, -0.05) is 6.92 Å². The SMILES string of the molecule is CC1CC(C)N(S(=O)(=O)c2csc(CN)c2)C1. The first-order valence-electron chi connectivity index (χ1n) is 5.74. The molecule has 6 heteroatoms. The molecule has 0 bridgehead atoms. The van der Waals surface area contributed by atoms with Gasteiger partial charge in [0.15, 0.2) is 0 Å². The minimum Gasteiger partial charge on any atom is -0.326 e. The summed E-state index contributed by atoms with van der Waals surface area (Å²) in [7, 11) is -3.32. The van der Waals surface area contributed by atoms with E-state index in [0.717, 1.165) is 11.3 Å². The molecule has 0 aromatic carbocycles. The Morgan fingerprint density at radius 3 is 2.71 bits per heavy atom. The largest absolute Gasteiger partial charge is 0.326 e. The topological polar surface area (TPSA) is 63.4 Å². The van der Waals surface area contributed by atoms with Crippen LogP contribution in [0, 0.1) is 5.92 Å². The zero-order chi connectivity index (χ0) is 12.6. The third-order valence-electron chi connectivity index (χ3n) is 3.16. The number of sulfonamides is 1. The van der Waals surface area contributed by atoms with E-state index in [1.165, 1.54) is 11.3 Å². The zero-order valence-electron chi connectivity index (χ0n) is 10.1. The molecule has 1 fully saturated rings. The number of thiophene rings is 1. The molecule has 0 radical (unpaired) electrons. The Morgan fingerprint density at radius 1 is 1.53 bits per heavy atom. The van der Waals surface area contributed by atoms with Gasteiger partial charge in [-0.3, -0.25) is 0 Å². The van der Waals surface area contributed by atoms with E-state index < -0.39 is 10.0 Å². The fourth-order valence-corrected chi connectivity index (χ4v) is 5.24. The standard InChI is InChI=1S/C11H18N2O2S2/c1-8-3-9(2)13(6-8)17(14,15)11-4-10(5-12)16-7-11/h4,7-9H,3,5-6,12H2,1-2H3. The molecular formula is C11H18N2O2S2. The van der Waals surface area contributed by atoms with Crippen LogP contribution in [-0.4, -0.2) is 25.3 Å². The van der Waals surface area contributed by atoms with E-state index in [2.05, 4.69) is 6.92 Å². The van der Waals surface area contributed by atoms with Gasteiger partial charge in [-0.25, -0.2) is 8.42 Å². The molecule has 1 saturated heterocycles. The van der Waals surface area contributed by atoms with E-state index in [1.807, 2.05) is 6.92 Å². The van der Waals surface area contributed by atoms with Crippen LogP contribution in [0.3, 0.4) is 0 Å². The highest BCUT2D eigenvalue weighted by molar-refractivity contribution is 7.89. The van der Waals surface area contributed by atoms with E-state index in [-0.39, 0.29) is 6.04 Å². The highest BCUT2D eigenvalue weighted by Crippen LogP contribution is 2.30.